The topological polar surface area (TPSA) is 50.8 Å². The standard InChI is InChI=1S/C14H12BrN3O/c1-19-10-4-2-9(3-5-10)8-13-16-11-6-7-12(15)17-14(11)18-13/h2-7H,8H2,1H3,(H,16,17,18). The minimum atomic E-state index is 0.734. The van der Waals surface area contributed by atoms with Crippen molar-refractivity contribution in [1.29, 1.82) is 0 Å². The van der Waals surface area contributed by atoms with Crippen LogP contribution in [0, 0.1) is 0 Å². The number of pyridine rings is 1. The zero-order chi connectivity index (χ0) is 13.2. The highest BCUT2D eigenvalue weighted by molar-refractivity contribution is 9.10. The summed E-state index contributed by atoms with van der Waals surface area (Å²) in [6.07, 6.45) is 0.748. The van der Waals surface area contributed by atoms with Crippen molar-refractivity contribution in [2.24, 2.45) is 0 Å². The molecule has 19 heavy (non-hydrogen) atoms. The van der Waals surface area contributed by atoms with Crippen LogP contribution in [0.3, 0.4) is 0 Å². The number of imidazole rings is 1. The molecule has 5 heteroatoms. The summed E-state index contributed by atoms with van der Waals surface area (Å²) in [6, 6.07) is 11.8. The average Bonchev–Trinajstić information content (AvgIpc) is 2.81. The van der Waals surface area contributed by atoms with E-state index in [1.807, 2.05) is 36.4 Å². The summed E-state index contributed by atoms with van der Waals surface area (Å²) in [7, 11) is 1.66. The van der Waals surface area contributed by atoms with Crippen LogP contribution in [0.25, 0.3) is 11.2 Å². The van der Waals surface area contributed by atoms with Crippen LogP contribution in [-0.2, 0) is 6.42 Å². The predicted octanol–water partition coefficient (Wildman–Crippen LogP) is 3.32. The number of halogens is 1. The van der Waals surface area contributed by atoms with Gasteiger partial charge in [-0.15, -0.1) is 0 Å². The van der Waals surface area contributed by atoms with E-state index in [1.54, 1.807) is 7.11 Å². The van der Waals surface area contributed by atoms with Crippen molar-refractivity contribution in [3.63, 3.8) is 0 Å². The lowest BCUT2D eigenvalue weighted by molar-refractivity contribution is 0.414. The van der Waals surface area contributed by atoms with Crippen molar-refractivity contribution in [1.82, 2.24) is 15.0 Å². The Kier molecular flexibility index (Phi) is 3.21. The maximum absolute atomic E-state index is 5.14. The van der Waals surface area contributed by atoms with Gasteiger partial charge in [0.2, 0.25) is 0 Å². The quantitative estimate of drug-likeness (QED) is 0.754. The Hall–Kier alpha value is -1.88. The molecule has 2 heterocycles. The van der Waals surface area contributed by atoms with Crippen LogP contribution in [0.15, 0.2) is 41.0 Å². The van der Waals surface area contributed by atoms with Crippen LogP contribution >= 0.6 is 15.9 Å². The number of rotatable bonds is 3. The normalized spacial score (nSPS) is 10.8. The molecule has 0 bridgehead atoms. The molecule has 0 aliphatic carbocycles. The third-order valence-electron chi connectivity index (χ3n) is 2.89. The third kappa shape index (κ3) is 2.61. The zero-order valence-corrected chi connectivity index (χ0v) is 11.9. The van der Waals surface area contributed by atoms with Gasteiger partial charge >= 0.3 is 0 Å². The predicted molar refractivity (Wildman–Crippen MR) is 77.4 cm³/mol. The molecular weight excluding hydrogens is 306 g/mol. The number of hydrogen-bond donors (Lipinski definition) is 1. The summed E-state index contributed by atoms with van der Waals surface area (Å²) in [5, 5.41) is 0. The van der Waals surface area contributed by atoms with Crippen LogP contribution in [0.5, 0.6) is 5.75 Å². The molecule has 0 aliphatic heterocycles. The van der Waals surface area contributed by atoms with Crippen LogP contribution in [0.2, 0.25) is 0 Å². The van der Waals surface area contributed by atoms with Crippen molar-refractivity contribution in [2.75, 3.05) is 7.11 Å². The smallest absolute Gasteiger partial charge is 0.178 e. The highest BCUT2D eigenvalue weighted by Gasteiger charge is 2.05. The Morgan fingerprint density at radius 2 is 1.89 bits per heavy atom. The molecule has 96 valence electrons. The summed E-state index contributed by atoms with van der Waals surface area (Å²) in [6.45, 7) is 0. The van der Waals surface area contributed by atoms with Crippen molar-refractivity contribution in [3.05, 3.63) is 52.4 Å². The molecule has 0 spiro atoms. The largest absolute Gasteiger partial charge is 0.497 e. The molecule has 3 rings (SSSR count). The van der Waals surface area contributed by atoms with E-state index in [4.69, 9.17) is 4.74 Å². The van der Waals surface area contributed by atoms with Crippen molar-refractivity contribution < 1.29 is 4.74 Å². The molecule has 0 aliphatic rings. The Bertz CT molecular complexity index is 706. The lowest BCUT2D eigenvalue weighted by Crippen LogP contribution is -1.91. The summed E-state index contributed by atoms with van der Waals surface area (Å²) in [5.41, 5.74) is 2.86. The molecule has 0 saturated carbocycles. The van der Waals surface area contributed by atoms with Crippen LogP contribution < -0.4 is 4.74 Å². The van der Waals surface area contributed by atoms with E-state index >= 15 is 0 Å². The first-order valence-electron chi connectivity index (χ1n) is 5.88. The SMILES string of the molecule is COc1ccc(Cc2nc3nc(Br)ccc3[nH]2)cc1. The van der Waals surface area contributed by atoms with Gasteiger partial charge < -0.3 is 9.72 Å². The first kappa shape index (κ1) is 12.2. The van der Waals surface area contributed by atoms with Gasteiger partial charge in [0.15, 0.2) is 5.65 Å². The first-order valence-corrected chi connectivity index (χ1v) is 6.68. The molecule has 2 aromatic heterocycles. The van der Waals surface area contributed by atoms with Crippen molar-refractivity contribution in [3.8, 4) is 5.75 Å². The number of aromatic amines is 1. The summed E-state index contributed by atoms with van der Waals surface area (Å²) in [4.78, 5) is 12.1. The number of fused-ring (bicyclic) bond motifs is 1. The number of hydrogen-bond acceptors (Lipinski definition) is 3. The zero-order valence-electron chi connectivity index (χ0n) is 10.4. The van der Waals surface area contributed by atoms with Crippen molar-refractivity contribution >= 4 is 27.1 Å². The Morgan fingerprint density at radius 1 is 1.11 bits per heavy atom. The molecule has 0 unspecified atom stereocenters. The van der Waals surface area contributed by atoms with Crippen molar-refractivity contribution in [2.45, 2.75) is 6.42 Å². The van der Waals surface area contributed by atoms with Gasteiger partial charge in [-0.05, 0) is 45.8 Å². The van der Waals surface area contributed by atoms with Gasteiger partial charge in [0.25, 0.3) is 0 Å². The number of benzene rings is 1. The molecule has 0 saturated heterocycles. The van der Waals surface area contributed by atoms with E-state index in [0.717, 1.165) is 33.8 Å². The van der Waals surface area contributed by atoms with Gasteiger partial charge in [0.1, 0.15) is 16.2 Å². The van der Waals surface area contributed by atoms with Crippen LogP contribution in [-0.4, -0.2) is 22.1 Å². The second-order valence-corrected chi connectivity index (χ2v) is 5.03. The number of methoxy groups -OCH3 is 1. The van der Waals surface area contributed by atoms with Gasteiger partial charge in [-0.2, -0.15) is 0 Å². The number of aromatic nitrogens is 3. The van der Waals surface area contributed by atoms with E-state index in [9.17, 15) is 0 Å². The summed E-state index contributed by atoms with van der Waals surface area (Å²) < 4.78 is 5.94. The molecule has 1 aromatic carbocycles. The molecule has 0 fully saturated rings. The number of ether oxygens (including phenoxy) is 1. The second kappa shape index (κ2) is 5.01. The highest BCUT2D eigenvalue weighted by atomic mass is 79.9. The van der Waals surface area contributed by atoms with Gasteiger partial charge in [-0.3, -0.25) is 0 Å². The Morgan fingerprint density at radius 3 is 2.63 bits per heavy atom. The molecule has 1 N–H and O–H groups in total. The fraction of sp³-hybridized carbons (Fsp3) is 0.143. The monoisotopic (exact) mass is 317 g/mol. The maximum Gasteiger partial charge on any atom is 0.178 e. The number of nitrogens with one attached hydrogen (secondary N) is 1. The lowest BCUT2D eigenvalue weighted by Gasteiger charge is -2.01. The molecule has 0 amide bonds. The minimum absolute atomic E-state index is 0.734. The molecule has 0 radical (unpaired) electrons. The van der Waals surface area contributed by atoms with E-state index in [-0.39, 0.29) is 0 Å². The van der Waals surface area contributed by atoms with E-state index in [2.05, 4.69) is 30.9 Å². The molecular formula is C14H12BrN3O. The maximum atomic E-state index is 5.14. The van der Waals surface area contributed by atoms with Crippen LogP contribution in [0.1, 0.15) is 11.4 Å². The lowest BCUT2D eigenvalue weighted by atomic mass is 10.1. The van der Waals surface area contributed by atoms with Gasteiger partial charge in [-0.1, -0.05) is 12.1 Å². The Balaban J connectivity index is 1.87. The molecule has 4 nitrogen and oxygen atoms in total. The van der Waals surface area contributed by atoms with E-state index in [0.29, 0.717) is 0 Å². The number of nitrogens with zero attached hydrogens (tertiary/aromatic N) is 2. The van der Waals surface area contributed by atoms with Gasteiger partial charge in [0.05, 0.1) is 12.6 Å². The molecule has 0 atom stereocenters. The van der Waals surface area contributed by atoms with Gasteiger partial charge in [-0.25, -0.2) is 9.97 Å². The third-order valence-corrected chi connectivity index (χ3v) is 3.33. The fourth-order valence-corrected chi connectivity index (χ4v) is 2.24. The minimum Gasteiger partial charge on any atom is -0.497 e. The van der Waals surface area contributed by atoms with E-state index in [1.165, 1.54) is 5.56 Å². The summed E-state index contributed by atoms with van der Waals surface area (Å²) in [5.74, 6) is 1.77. The molecule has 3 aromatic rings. The van der Waals surface area contributed by atoms with Crippen LogP contribution in [0.4, 0.5) is 0 Å². The summed E-state index contributed by atoms with van der Waals surface area (Å²) >= 11 is 3.35. The number of H-pyrrole nitrogens is 1. The Labute approximate surface area is 119 Å². The average molecular weight is 318 g/mol. The van der Waals surface area contributed by atoms with Gasteiger partial charge in [0, 0.05) is 6.42 Å². The fourth-order valence-electron chi connectivity index (χ4n) is 1.94. The highest BCUT2D eigenvalue weighted by Crippen LogP contribution is 2.17. The second-order valence-electron chi connectivity index (χ2n) is 4.21. The van der Waals surface area contributed by atoms with E-state index < -0.39 is 0 Å². The first-order chi connectivity index (χ1) is 9.24.